The second kappa shape index (κ2) is 13.5. The molecule has 0 bridgehead atoms. The highest BCUT2D eigenvalue weighted by Crippen LogP contribution is 2.40. The van der Waals surface area contributed by atoms with Crippen LogP contribution < -0.4 is 5.84 Å². The lowest BCUT2D eigenvalue weighted by Gasteiger charge is -2.18. The predicted octanol–water partition coefficient (Wildman–Crippen LogP) is 11.8. The van der Waals surface area contributed by atoms with Gasteiger partial charge in [0.05, 0.1) is 5.71 Å². The Morgan fingerprint density at radius 3 is 1.94 bits per heavy atom. The SMILES string of the molecule is CC1=C(c2cccc(-c3cccc(-c4ccc5c(c4)CC(=C(/c4ccccc4)c4ccc(-c6ccccc6)cc4)/C5=N\N)c3)c2C)C=CCC1. The summed E-state index contributed by atoms with van der Waals surface area (Å²) >= 11 is 0. The monoisotopic (exact) mass is 644 g/mol. The van der Waals surface area contributed by atoms with Gasteiger partial charge in [-0.15, -0.1) is 0 Å². The fourth-order valence-electron chi connectivity index (χ4n) is 7.73. The van der Waals surface area contributed by atoms with E-state index in [-0.39, 0.29) is 0 Å². The molecule has 2 nitrogen and oxygen atoms in total. The Bertz CT molecular complexity index is 2340. The van der Waals surface area contributed by atoms with E-state index >= 15 is 0 Å². The maximum Gasteiger partial charge on any atom is 0.0943 e. The molecule has 6 aromatic rings. The first-order valence-electron chi connectivity index (χ1n) is 17.5. The first kappa shape index (κ1) is 31.3. The minimum absolute atomic E-state index is 0.757. The number of nitrogens with zero attached hydrogens (tertiary/aromatic N) is 1. The Hall–Kier alpha value is -5.99. The second-order valence-corrected chi connectivity index (χ2v) is 13.4. The molecule has 2 aliphatic rings. The van der Waals surface area contributed by atoms with Gasteiger partial charge in [-0.2, -0.15) is 5.10 Å². The molecule has 0 fully saturated rings. The summed E-state index contributed by atoms with van der Waals surface area (Å²) in [5, 5.41) is 4.42. The zero-order valence-corrected chi connectivity index (χ0v) is 28.7. The Morgan fingerprint density at radius 1 is 0.560 bits per heavy atom. The van der Waals surface area contributed by atoms with E-state index in [0.717, 1.165) is 47.2 Å². The van der Waals surface area contributed by atoms with E-state index in [4.69, 9.17) is 5.84 Å². The molecule has 0 atom stereocenters. The summed E-state index contributed by atoms with van der Waals surface area (Å²) in [6, 6.07) is 52.4. The van der Waals surface area contributed by atoms with Crippen molar-refractivity contribution in [2.45, 2.75) is 33.1 Å². The van der Waals surface area contributed by atoms with Crippen LogP contribution in [-0.2, 0) is 6.42 Å². The number of allylic oxidation sites excluding steroid dienone is 5. The van der Waals surface area contributed by atoms with Gasteiger partial charge in [-0.1, -0.05) is 157 Å². The molecule has 0 amide bonds. The van der Waals surface area contributed by atoms with E-state index in [2.05, 4.69) is 177 Å². The molecule has 242 valence electrons. The van der Waals surface area contributed by atoms with Crippen LogP contribution >= 0.6 is 0 Å². The first-order chi connectivity index (χ1) is 24.6. The molecular formula is C48H40N2. The van der Waals surface area contributed by atoms with Crippen molar-refractivity contribution in [2.75, 3.05) is 0 Å². The second-order valence-electron chi connectivity index (χ2n) is 13.4. The largest absolute Gasteiger partial charge is 0.323 e. The molecule has 0 unspecified atom stereocenters. The Morgan fingerprint density at radius 2 is 1.18 bits per heavy atom. The smallest absolute Gasteiger partial charge is 0.0943 e. The molecular weight excluding hydrogens is 605 g/mol. The zero-order chi connectivity index (χ0) is 34.0. The molecule has 0 aliphatic heterocycles. The van der Waals surface area contributed by atoms with Crippen molar-refractivity contribution < 1.29 is 0 Å². The summed E-state index contributed by atoms with van der Waals surface area (Å²) in [7, 11) is 0. The van der Waals surface area contributed by atoms with Crippen LogP contribution in [-0.4, -0.2) is 5.71 Å². The van der Waals surface area contributed by atoms with Gasteiger partial charge in [0.15, 0.2) is 0 Å². The molecule has 8 rings (SSSR count). The highest BCUT2D eigenvalue weighted by atomic mass is 15.1. The fraction of sp³-hybridized carbons (Fsp3) is 0.104. The predicted molar refractivity (Wildman–Crippen MR) is 212 cm³/mol. The lowest BCUT2D eigenvalue weighted by molar-refractivity contribution is 0.967. The maximum absolute atomic E-state index is 6.20. The molecule has 6 aromatic carbocycles. The van der Waals surface area contributed by atoms with Gasteiger partial charge in [0, 0.05) is 12.0 Å². The van der Waals surface area contributed by atoms with Crippen molar-refractivity contribution in [2.24, 2.45) is 10.9 Å². The van der Waals surface area contributed by atoms with Gasteiger partial charge < -0.3 is 5.84 Å². The van der Waals surface area contributed by atoms with Crippen LogP contribution in [0.4, 0.5) is 0 Å². The summed E-state index contributed by atoms with van der Waals surface area (Å²) in [6.45, 7) is 4.53. The Balaban J connectivity index is 1.17. The third-order valence-electron chi connectivity index (χ3n) is 10.3. The van der Waals surface area contributed by atoms with Gasteiger partial charge in [0.25, 0.3) is 0 Å². The molecule has 2 N–H and O–H groups in total. The van der Waals surface area contributed by atoms with E-state index in [1.54, 1.807) is 0 Å². The molecule has 0 spiro atoms. The van der Waals surface area contributed by atoms with Crippen molar-refractivity contribution in [1.29, 1.82) is 0 Å². The number of hydrogen-bond acceptors (Lipinski definition) is 2. The van der Waals surface area contributed by atoms with Crippen LogP contribution in [0.15, 0.2) is 174 Å². The van der Waals surface area contributed by atoms with Crippen LogP contribution in [0, 0.1) is 6.92 Å². The molecule has 0 saturated heterocycles. The lowest BCUT2D eigenvalue weighted by atomic mass is 9.87. The topological polar surface area (TPSA) is 38.4 Å². The highest BCUT2D eigenvalue weighted by molar-refractivity contribution is 6.21. The quantitative estimate of drug-likeness (QED) is 0.142. The van der Waals surface area contributed by atoms with Gasteiger partial charge in [0.1, 0.15) is 0 Å². The van der Waals surface area contributed by atoms with Gasteiger partial charge in [-0.25, -0.2) is 0 Å². The van der Waals surface area contributed by atoms with Crippen LogP contribution in [0.5, 0.6) is 0 Å². The highest BCUT2D eigenvalue weighted by Gasteiger charge is 2.28. The molecule has 0 radical (unpaired) electrons. The van der Waals surface area contributed by atoms with E-state index in [9.17, 15) is 0 Å². The number of nitrogens with two attached hydrogens (primary N) is 1. The van der Waals surface area contributed by atoms with Crippen molar-refractivity contribution in [3.63, 3.8) is 0 Å². The molecule has 2 heteroatoms. The molecule has 0 heterocycles. The van der Waals surface area contributed by atoms with Gasteiger partial charge in [0.2, 0.25) is 0 Å². The number of benzene rings is 6. The number of rotatable bonds is 6. The Kier molecular flexibility index (Phi) is 8.44. The van der Waals surface area contributed by atoms with Crippen LogP contribution in [0.1, 0.15) is 53.1 Å². The van der Waals surface area contributed by atoms with Crippen molar-refractivity contribution in [3.05, 3.63) is 202 Å². The van der Waals surface area contributed by atoms with Crippen molar-refractivity contribution >= 4 is 16.9 Å². The number of fused-ring (bicyclic) bond motifs is 1. The zero-order valence-electron chi connectivity index (χ0n) is 28.7. The van der Waals surface area contributed by atoms with Gasteiger partial charge in [-0.3, -0.25) is 0 Å². The van der Waals surface area contributed by atoms with Gasteiger partial charge in [-0.05, 0) is 111 Å². The van der Waals surface area contributed by atoms with E-state index in [0.29, 0.717) is 0 Å². The Labute approximate surface area is 295 Å². The van der Waals surface area contributed by atoms with Crippen LogP contribution in [0.25, 0.3) is 44.5 Å². The summed E-state index contributed by atoms with van der Waals surface area (Å²) in [5.74, 6) is 6.20. The summed E-state index contributed by atoms with van der Waals surface area (Å²) in [5.41, 5.74) is 20.6. The number of hydrogen-bond donors (Lipinski definition) is 1. The minimum Gasteiger partial charge on any atom is -0.323 e. The summed E-state index contributed by atoms with van der Waals surface area (Å²) in [6.07, 6.45) is 7.62. The third-order valence-corrected chi connectivity index (χ3v) is 10.3. The summed E-state index contributed by atoms with van der Waals surface area (Å²) in [4.78, 5) is 0. The van der Waals surface area contributed by atoms with E-state index in [1.807, 2.05) is 0 Å². The molecule has 2 aliphatic carbocycles. The van der Waals surface area contributed by atoms with E-state index < -0.39 is 0 Å². The molecule has 0 saturated carbocycles. The molecule has 50 heavy (non-hydrogen) atoms. The van der Waals surface area contributed by atoms with E-state index in [1.165, 1.54) is 66.8 Å². The van der Waals surface area contributed by atoms with Crippen LogP contribution in [0.2, 0.25) is 0 Å². The maximum atomic E-state index is 6.20. The number of hydrazone groups is 1. The van der Waals surface area contributed by atoms with Crippen molar-refractivity contribution in [3.8, 4) is 33.4 Å². The standard InChI is InChI=1S/C48H40N2/c1-32-13-9-10-20-42(32)44-22-12-21-43(33(44)2)40-19-11-18-38(29-40)39-27-28-45-41(30-39)31-46(48(45)50-49)47(36-16-7-4-8-17-36)37-25-23-35(24-26-37)34-14-5-3-6-15-34/h3-8,10-12,14-30H,9,13,31,49H2,1-2H3/b47-46+,50-48-. The average molecular weight is 645 g/mol. The van der Waals surface area contributed by atoms with Gasteiger partial charge >= 0.3 is 0 Å². The summed E-state index contributed by atoms with van der Waals surface area (Å²) < 4.78 is 0. The van der Waals surface area contributed by atoms with Crippen molar-refractivity contribution in [1.82, 2.24) is 0 Å². The first-order valence-corrected chi connectivity index (χ1v) is 17.5. The average Bonchev–Trinajstić information content (AvgIpc) is 3.54. The minimum atomic E-state index is 0.757. The molecule has 0 aromatic heterocycles. The normalized spacial score (nSPS) is 15.8. The lowest BCUT2D eigenvalue weighted by Crippen LogP contribution is -2.06. The van der Waals surface area contributed by atoms with Crippen LogP contribution in [0.3, 0.4) is 0 Å². The fourth-order valence-corrected chi connectivity index (χ4v) is 7.73. The third kappa shape index (κ3) is 5.84.